The van der Waals surface area contributed by atoms with E-state index in [0.717, 1.165) is 19.3 Å². The van der Waals surface area contributed by atoms with E-state index in [4.69, 9.17) is 4.74 Å². The molecule has 0 heterocycles. The first kappa shape index (κ1) is 8.37. The maximum absolute atomic E-state index is 9.76. The first-order valence-electron chi connectivity index (χ1n) is 2.99. The van der Waals surface area contributed by atoms with Crippen LogP contribution < -0.4 is 0 Å². The van der Waals surface area contributed by atoms with E-state index in [1.807, 2.05) is 12.2 Å². The highest BCUT2D eigenvalue weighted by Gasteiger charge is 1.75. The van der Waals surface area contributed by atoms with Gasteiger partial charge in [0.1, 0.15) is 6.29 Å². The molecule has 0 bridgehead atoms. The number of hydrogen-bond donors (Lipinski definition) is 0. The highest BCUT2D eigenvalue weighted by molar-refractivity contribution is 5.51. The number of methoxy groups -OCH3 is 1. The second-order valence-corrected chi connectivity index (χ2v) is 1.66. The summed E-state index contributed by atoms with van der Waals surface area (Å²) >= 11 is 0. The van der Waals surface area contributed by atoms with Gasteiger partial charge in [0.05, 0.1) is 0 Å². The predicted octanol–water partition coefficient (Wildman–Crippen LogP) is 1.17. The Morgan fingerprint density at radius 1 is 1.44 bits per heavy atom. The van der Waals surface area contributed by atoms with Gasteiger partial charge in [0.2, 0.25) is 0 Å². The van der Waals surface area contributed by atoms with E-state index >= 15 is 0 Å². The summed E-state index contributed by atoms with van der Waals surface area (Å²) in [5.74, 6) is 0. The van der Waals surface area contributed by atoms with Crippen molar-refractivity contribution in [2.75, 3.05) is 13.7 Å². The maximum atomic E-state index is 9.76. The van der Waals surface area contributed by atoms with E-state index < -0.39 is 0 Å². The monoisotopic (exact) mass is 128 g/mol. The SMILES string of the molecule is COCC/C=C\CC=O. The number of carbonyl (C=O) groups is 1. The summed E-state index contributed by atoms with van der Waals surface area (Å²) in [6.45, 7) is 0.732. The molecular weight excluding hydrogens is 116 g/mol. The fourth-order valence-corrected chi connectivity index (χ4v) is 0.456. The smallest absolute Gasteiger partial charge is 0.123 e. The Hall–Kier alpha value is -0.630. The Morgan fingerprint density at radius 2 is 2.22 bits per heavy atom. The molecule has 0 radical (unpaired) electrons. The van der Waals surface area contributed by atoms with Crippen LogP contribution in [0.25, 0.3) is 0 Å². The van der Waals surface area contributed by atoms with E-state index in [-0.39, 0.29) is 0 Å². The molecule has 0 aromatic carbocycles. The fraction of sp³-hybridized carbons (Fsp3) is 0.571. The van der Waals surface area contributed by atoms with Gasteiger partial charge in [-0.2, -0.15) is 0 Å². The first-order valence-corrected chi connectivity index (χ1v) is 2.99. The third kappa shape index (κ3) is 7.37. The van der Waals surface area contributed by atoms with Crippen molar-refractivity contribution >= 4 is 6.29 Å². The summed E-state index contributed by atoms with van der Waals surface area (Å²) < 4.78 is 4.78. The number of carbonyl (C=O) groups excluding carboxylic acids is 1. The van der Waals surface area contributed by atoms with Gasteiger partial charge < -0.3 is 9.53 Å². The second kappa shape index (κ2) is 7.37. The van der Waals surface area contributed by atoms with Crippen molar-refractivity contribution in [3.63, 3.8) is 0 Å². The Morgan fingerprint density at radius 3 is 2.78 bits per heavy atom. The van der Waals surface area contributed by atoms with Crippen molar-refractivity contribution < 1.29 is 9.53 Å². The van der Waals surface area contributed by atoms with Crippen LogP contribution in [0.2, 0.25) is 0 Å². The third-order valence-electron chi connectivity index (χ3n) is 0.888. The zero-order valence-electron chi connectivity index (χ0n) is 5.67. The number of rotatable bonds is 5. The van der Waals surface area contributed by atoms with Crippen LogP contribution in [0.5, 0.6) is 0 Å². The summed E-state index contributed by atoms with van der Waals surface area (Å²) in [5.41, 5.74) is 0. The molecule has 52 valence electrons. The molecule has 0 aliphatic carbocycles. The third-order valence-corrected chi connectivity index (χ3v) is 0.888. The summed E-state index contributed by atoms with van der Waals surface area (Å²) in [5, 5.41) is 0. The van der Waals surface area contributed by atoms with Gasteiger partial charge in [0.15, 0.2) is 0 Å². The lowest BCUT2D eigenvalue weighted by Gasteiger charge is -1.88. The molecule has 0 aliphatic rings. The average molecular weight is 128 g/mol. The highest BCUT2D eigenvalue weighted by atomic mass is 16.5. The Bertz CT molecular complexity index is 86.9. The average Bonchev–Trinajstić information content (AvgIpc) is 1.89. The van der Waals surface area contributed by atoms with E-state index in [1.165, 1.54) is 0 Å². The van der Waals surface area contributed by atoms with E-state index in [2.05, 4.69) is 0 Å². The van der Waals surface area contributed by atoms with Crippen molar-refractivity contribution in [3.05, 3.63) is 12.2 Å². The standard InChI is InChI=1S/C7H12O2/c1-9-7-5-3-2-4-6-8/h2-3,6H,4-5,7H2,1H3/b3-2-. The molecule has 2 nitrogen and oxygen atoms in total. The molecule has 0 rings (SSSR count). The lowest BCUT2D eigenvalue weighted by molar-refractivity contribution is -0.107. The van der Waals surface area contributed by atoms with Gasteiger partial charge in [0.25, 0.3) is 0 Å². The van der Waals surface area contributed by atoms with Crippen LogP contribution in [0.15, 0.2) is 12.2 Å². The van der Waals surface area contributed by atoms with Crippen LogP contribution in [0.4, 0.5) is 0 Å². The van der Waals surface area contributed by atoms with Crippen molar-refractivity contribution in [3.8, 4) is 0 Å². The van der Waals surface area contributed by atoms with E-state index in [9.17, 15) is 4.79 Å². The topological polar surface area (TPSA) is 26.3 Å². The summed E-state index contributed by atoms with van der Waals surface area (Å²) in [6, 6.07) is 0. The number of allylic oxidation sites excluding steroid dienone is 1. The molecule has 0 aliphatic heterocycles. The fourth-order valence-electron chi connectivity index (χ4n) is 0.456. The molecule has 0 saturated heterocycles. The van der Waals surface area contributed by atoms with Gasteiger partial charge in [-0.05, 0) is 6.42 Å². The van der Waals surface area contributed by atoms with E-state index in [1.54, 1.807) is 7.11 Å². The van der Waals surface area contributed by atoms with Crippen LogP contribution >= 0.6 is 0 Å². The molecule has 0 fully saturated rings. The van der Waals surface area contributed by atoms with Crippen LogP contribution in [0.3, 0.4) is 0 Å². The lowest BCUT2D eigenvalue weighted by Crippen LogP contribution is -1.83. The molecular formula is C7H12O2. The molecule has 0 unspecified atom stereocenters. The summed E-state index contributed by atoms with van der Waals surface area (Å²) in [4.78, 5) is 9.76. The van der Waals surface area contributed by atoms with Crippen molar-refractivity contribution in [1.29, 1.82) is 0 Å². The minimum Gasteiger partial charge on any atom is -0.384 e. The van der Waals surface area contributed by atoms with Gasteiger partial charge in [-0.25, -0.2) is 0 Å². The highest BCUT2D eigenvalue weighted by Crippen LogP contribution is 1.84. The van der Waals surface area contributed by atoms with Gasteiger partial charge in [0, 0.05) is 20.1 Å². The molecule has 0 saturated carbocycles. The van der Waals surface area contributed by atoms with Crippen LogP contribution in [0.1, 0.15) is 12.8 Å². The van der Waals surface area contributed by atoms with Crippen LogP contribution in [-0.2, 0) is 9.53 Å². The second-order valence-electron chi connectivity index (χ2n) is 1.66. The van der Waals surface area contributed by atoms with Gasteiger partial charge >= 0.3 is 0 Å². The van der Waals surface area contributed by atoms with Crippen LogP contribution in [0, 0.1) is 0 Å². The molecule has 0 atom stereocenters. The number of aldehydes is 1. The molecule has 2 heteroatoms. The first-order chi connectivity index (χ1) is 4.41. The van der Waals surface area contributed by atoms with E-state index in [0.29, 0.717) is 6.42 Å². The molecule has 0 spiro atoms. The normalized spacial score (nSPS) is 10.3. The van der Waals surface area contributed by atoms with Gasteiger partial charge in [-0.1, -0.05) is 12.2 Å². The minimum atomic E-state index is 0.518. The van der Waals surface area contributed by atoms with Crippen molar-refractivity contribution in [2.45, 2.75) is 12.8 Å². The molecule has 9 heavy (non-hydrogen) atoms. The van der Waals surface area contributed by atoms with Gasteiger partial charge in [-0.15, -0.1) is 0 Å². The predicted molar refractivity (Wildman–Crippen MR) is 36.3 cm³/mol. The summed E-state index contributed by atoms with van der Waals surface area (Å²) in [6.07, 6.45) is 6.07. The largest absolute Gasteiger partial charge is 0.384 e. The minimum absolute atomic E-state index is 0.518. The molecule has 0 aromatic heterocycles. The van der Waals surface area contributed by atoms with Gasteiger partial charge in [-0.3, -0.25) is 0 Å². The lowest BCUT2D eigenvalue weighted by atomic mass is 10.3. The zero-order valence-corrected chi connectivity index (χ0v) is 5.67. The molecule has 0 amide bonds. The maximum Gasteiger partial charge on any atom is 0.123 e. The Balaban J connectivity index is 2.94. The Labute approximate surface area is 55.5 Å². The zero-order chi connectivity index (χ0) is 6.95. The quantitative estimate of drug-likeness (QED) is 0.315. The summed E-state index contributed by atoms with van der Waals surface area (Å²) in [7, 11) is 1.66. The molecule has 0 aromatic rings. The van der Waals surface area contributed by atoms with Crippen LogP contribution in [-0.4, -0.2) is 20.0 Å². The molecule has 0 N–H and O–H groups in total. The van der Waals surface area contributed by atoms with Crippen molar-refractivity contribution in [2.24, 2.45) is 0 Å². The number of hydrogen-bond acceptors (Lipinski definition) is 2. The van der Waals surface area contributed by atoms with Crippen molar-refractivity contribution in [1.82, 2.24) is 0 Å². The number of ether oxygens (including phenoxy) is 1. The Kier molecular flexibility index (Phi) is 6.85.